The molecule has 28 heteroatoms. The molecule has 4 amide bonds. The predicted octanol–water partition coefficient (Wildman–Crippen LogP) is 25.1. The van der Waals surface area contributed by atoms with E-state index < -0.39 is 11.6 Å². The summed E-state index contributed by atoms with van der Waals surface area (Å²) in [5, 5.41) is 32.8. The number of halogens is 8. The van der Waals surface area contributed by atoms with Gasteiger partial charge in [-0.15, -0.1) is 34.8 Å². The van der Waals surface area contributed by atoms with Crippen molar-refractivity contribution in [3.63, 3.8) is 0 Å². The minimum absolute atomic E-state index is 0.0365. The van der Waals surface area contributed by atoms with Crippen LogP contribution in [0.3, 0.4) is 0 Å². The van der Waals surface area contributed by atoms with Crippen LogP contribution in [0.25, 0.3) is 50.7 Å². The van der Waals surface area contributed by atoms with Crippen LogP contribution in [0.4, 0.5) is 8.78 Å². The molecule has 12 atom stereocenters. The van der Waals surface area contributed by atoms with Gasteiger partial charge in [-0.25, -0.2) is 13.5 Å². The summed E-state index contributed by atoms with van der Waals surface area (Å²) in [7, 11) is 0. The van der Waals surface area contributed by atoms with Crippen molar-refractivity contribution >= 4 is 102 Å². The van der Waals surface area contributed by atoms with Crippen molar-refractivity contribution in [2.75, 3.05) is 70.2 Å². The Morgan fingerprint density at radius 3 is 1.05 bits per heavy atom. The van der Waals surface area contributed by atoms with Crippen molar-refractivity contribution in [3.8, 4) is 73.7 Å². The molecule has 740 valence electrons. The van der Waals surface area contributed by atoms with Gasteiger partial charge in [-0.2, -0.15) is 20.4 Å². The topological polar surface area (TPSA) is 225 Å². The van der Waals surface area contributed by atoms with Crippen LogP contribution in [-0.4, -0.2) is 133 Å². The molecule has 0 radical (unpaired) electrons. The number of aromatic nitrogens is 8. The maximum Gasteiger partial charge on any atom is 0.272 e. The van der Waals surface area contributed by atoms with Crippen molar-refractivity contribution in [1.29, 1.82) is 0 Å². The number of ether oxygens (including phenoxy) is 4. The molecule has 0 saturated heterocycles. The quantitative estimate of drug-likeness (QED) is 0.0265. The number of carbonyl (C=O) groups is 4. The third-order valence-electron chi connectivity index (χ3n) is 34.7. The van der Waals surface area contributed by atoms with Gasteiger partial charge in [0.05, 0.1) is 49.2 Å². The normalized spacial score (nSPS) is 24.1. The van der Waals surface area contributed by atoms with Crippen LogP contribution in [0.15, 0.2) is 99.9 Å². The number of alkyl halides is 3. The first-order chi connectivity index (χ1) is 66.4. The third kappa shape index (κ3) is 20.3. The van der Waals surface area contributed by atoms with Crippen LogP contribution in [-0.2, 0) is 45.3 Å². The zero-order valence-electron chi connectivity index (χ0n) is 81.5. The number of aryl methyl sites for hydroxylation is 4. The summed E-state index contributed by atoms with van der Waals surface area (Å²) >= 11 is 30.9. The van der Waals surface area contributed by atoms with Crippen LogP contribution in [0, 0.1) is 111 Å². The molecule has 8 bridgehead atoms. The zero-order chi connectivity index (χ0) is 96.8. The molecule has 4 aliphatic heterocycles. The third-order valence-corrected chi connectivity index (χ3v) is 36.7. The van der Waals surface area contributed by atoms with Crippen LogP contribution in [0.1, 0.15) is 260 Å². The number of nitrogens with one attached hydrogen (secondary N) is 4. The summed E-state index contributed by atoms with van der Waals surface area (Å²) in [6, 6.07) is 27.1. The van der Waals surface area contributed by atoms with E-state index >= 15 is 0 Å². The Hall–Kier alpha value is -8.00. The van der Waals surface area contributed by atoms with Gasteiger partial charge in [-0.1, -0.05) is 124 Å². The molecule has 12 saturated carbocycles. The maximum atomic E-state index is 14.9. The summed E-state index contributed by atoms with van der Waals surface area (Å²) in [5.41, 5.74) is 15.8. The van der Waals surface area contributed by atoms with Crippen molar-refractivity contribution in [1.82, 2.24) is 60.4 Å². The van der Waals surface area contributed by atoms with Crippen LogP contribution in [0.2, 0.25) is 5.02 Å². The van der Waals surface area contributed by atoms with Gasteiger partial charge in [0.1, 0.15) is 34.5 Å². The Kier molecular flexibility index (Phi) is 30.8. The molecule has 12 aliphatic carbocycles. The molecule has 4 aromatic heterocycles. The molecule has 12 fully saturated rings. The first-order valence-corrected chi connectivity index (χ1v) is 54.7. The van der Waals surface area contributed by atoms with E-state index in [1.54, 1.807) is 0 Å². The van der Waals surface area contributed by atoms with Crippen molar-refractivity contribution in [2.45, 2.75) is 242 Å². The molecule has 0 spiro atoms. The van der Waals surface area contributed by atoms with E-state index in [1.807, 2.05) is 62.6 Å². The van der Waals surface area contributed by atoms with Crippen molar-refractivity contribution < 1.29 is 46.9 Å². The highest BCUT2D eigenvalue weighted by molar-refractivity contribution is 9.10. The lowest BCUT2D eigenvalue weighted by Gasteiger charge is -2.60. The number of unbranched alkanes of at least 4 members (excludes halogenated alkanes) is 6. The SMILES string of the molecule is CC1(C)C2CCC(CNC(=O)c3nn(-c4ccc(F)cc4F)c4c3CCOc3cc(Br)ccc3-4)C1C2.CC1(C)C2CCC(CNC(=O)c3nn(CCCCCCl)c4c3CCOc3cc(Br)ccc3-4)C1C2.CC1(C)C2CCC(CNC(=O)c3nn(CCCCCCl)c4c3CCOc3cc(Cl)ccc3-4)C1C2.Cc1ccc2c(c1)OCCc1c(C(=O)NCC3CCC4CC3C4(C)C)nn(CCCCCCl)c1-2. The van der Waals surface area contributed by atoms with Crippen LogP contribution >= 0.6 is 78.3 Å². The van der Waals surface area contributed by atoms with Gasteiger partial charge in [0.2, 0.25) is 0 Å². The number of hydrogen-bond acceptors (Lipinski definition) is 12. The number of carbonyl (C=O) groups excluding carboxylic acids is 4. The van der Waals surface area contributed by atoms with E-state index in [9.17, 15) is 28.0 Å². The number of amides is 4. The maximum absolute atomic E-state index is 14.9. The predicted molar refractivity (Wildman–Crippen MR) is 549 cm³/mol. The van der Waals surface area contributed by atoms with Gasteiger partial charge < -0.3 is 40.2 Å². The fourth-order valence-electron chi connectivity index (χ4n) is 26.2. The lowest BCUT2D eigenvalue weighted by Crippen LogP contribution is -2.54. The average molecular weight is 2090 g/mol. The minimum Gasteiger partial charge on any atom is -0.493 e. The molecule has 5 aromatic carbocycles. The Labute approximate surface area is 849 Å². The van der Waals surface area contributed by atoms with Gasteiger partial charge in [0, 0.05) is 154 Å². The summed E-state index contributed by atoms with van der Waals surface area (Å²) in [5.74, 6) is 11.6. The Balaban J connectivity index is 0.000000122. The number of nitrogens with zero attached hydrogens (tertiary/aromatic N) is 8. The molecule has 9 aromatic rings. The highest BCUT2D eigenvalue weighted by Crippen LogP contribution is 2.65. The molecule has 4 N–H and O–H groups in total. The van der Waals surface area contributed by atoms with Crippen molar-refractivity contribution in [3.05, 3.63) is 167 Å². The van der Waals surface area contributed by atoms with E-state index in [0.29, 0.717) is 178 Å². The highest BCUT2D eigenvalue weighted by atomic mass is 79.9. The minimum atomic E-state index is -0.750. The lowest BCUT2D eigenvalue weighted by molar-refractivity contribution is -0.103. The largest absolute Gasteiger partial charge is 0.493 e. The smallest absolute Gasteiger partial charge is 0.272 e. The summed E-state index contributed by atoms with van der Waals surface area (Å²) in [6.45, 7) is 28.3. The standard InChI is InChI=1S/C28H28BrF2N3O2.C28H38ClN3O2.C27H35BrClN3O2.C27H35Cl2N3O2/c1-28(2)16-4-3-15(21(28)11-16)14-32-27(35)25-20-9-10-36-24-12-17(29)5-7-19(24)26(20)34(33-25)23-8-6-18(30)13-22(23)31;1-18-7-10-21-24(15-18)34-14-11-22-25(31-32(26(21)22)13-6-4-5-12-29)27(33)30-17-19-8-9-20-16-23(19)28(20,2)3;1-27(2)18-7-6-17(22(27)14-18)16-30-26(33)24-21-10-13-34-23-15-19(28)8-9-20(23)25(21)32(31-24)12-5-3-4-11-29;1-27(2)18-7-6-17(22(27)14-18)16-30-26(33)24-21-10-13-34-23-15-19(29)8-9-20(23)25(21)32(31-24)12-5-3-4-11-28/h5-8,12-13,15-16,21H,3-4,9-11,14H2,1-2H3,(H,32,35);7,10,15,19-20,23H,4-6,8-9,11-14,16-17H2,1-3H3,(H,30,33);2*8-9,15,17-18,22H,3-7,10-14,16H2,1-2H3,(H,30,33). The highest BCUT2D eigenvalue weighted by Gasteiger charge is 2.58. The second-order valence-electron chi connectivity index (χ2n) is 43.6. The van der Waals surface area contributed by atoms with E-state index in [4.69, 9.17) is 80.6 Å². The average Bonchev–Trinajstić information content (AvgIpc) is 1.02. The lowest BCUT2D eigenvalue weighted by atomic mass is 9.45. The van der Waals surface area contributed by atoms with E-state index in [0.717, 1.165) is 222 Å². The van der Waals surface area contributed by atoms with Gasteiger partial charge in [0.15, 0.2) is 28.6 Å². The number of hydrogen-bond donors (Lipinski definition) is 4. The van der Waals surface area contributed by atoms with Crippen LogP contribution < -0.4 is 40.2 Å². The molecule has 16 aliphatic rings. The van der Waals surface area contributed by atoms with E-state index in [1.165, 1.54) is 93.0 Å². The first kappa shape index (κ1) is 100. The number of rotatable bonds is 28. The molecule has 25 rings (SSSR count). The molecule has 20 nitrogen and oxygen atoms in total. The summed E-state index contributed by atoms with van der Waals surface area (Å²) in [4.78, 5) is 53.9. The van der Waals surface area contributed by atoms with Gasteiger partial charge in [0.25, 0.3) is 23.6 Å². The molecule has 138 heavy (non-hydrogen) atoms. The molecule has 8 heterocycles. The van der Waals surface area contributed by atoms with Crippen LogP contribution in [0.5, 0.6) is 23.0 Å². The second kappa shape index (κ2) is 42.5. The van der Waals surface area contributed by atoms with Crippen molar-refractivity contribution in [2.24, 2.45) is 92.7 Å². The van der Waals surface area contributed by atoms with E-state index in [2.05, 4.69) is 145 Å². The van der Waals surface area contributed by atoms with Gasteiger partial charge >= 0.3 is 0 Å². The number of fused-ring (bicyclic) bond motifs is 20. The Bertz CT molecular complexity index is 5580. The monoisotopic (exact) mass is 2090 g/mol. The van der Waals surface area contributed by atoms with E-state index in [-0.39, 0.29) is 35.0 Å². The second-order valence-corrected chi connectivity index (χ2v) is 47.0. The summed E-state index contributed by atoms with van der Waals surface area (Å²) < 4.78 is 62.1. The molecular weight excluding hydrogens is 1960 g/mol. The number of benzene rings is 5. The molecular formula is C110H136Br2Cl4F2N12O8. The Morgan fingerprint density at radius 1 is 0.391 bits per heavy atom. The summed E-state index contributed by atoms with van der Waals surface area (Å²) in [6.07, 6.45) is 26.6. The first-order valence-electron chi connectivity index (χ1n) is 51.1. The molecule has 12 unspecified atom stereocenters. The van der Waals surface area contributed by atoms with Gasteiger partial charge in [-0.05, 0) is 300 Å². The Morgan fingerprint density at radius 2 is 0.710 bits per heavy atom. The fourth-order valence-corrected chi connectivity index (χ4v) is 27.6. The van der Waals surface area contributed by atoms with Gasteiger partial charge in [-0.3, -0.25) is 33.2 Å². The zero-order valence-corrected chi connectivity index (χ0v) is 87.7. The fraction of sp³-hybridized carbons (Fsp3) is 0.582.